The van der Waals surface area contributed by atoms with Crippen LogP contribution in [0.2, 0.25) is 0 Å². The number of rotatable bonds is 8. The van der Waals surface area contributed by atoms with Gasteiger partial charge in [0.2, 0.25) is 0 Å². The SMILES string of the molecule is COc1ccc(C(CN)NCCCC2CC2)cc1. The first kappa shape index (κ1) is 13.4. The van der Waals surface area contributed by atoms with Gasteiger partial charge in [0.05, 0.1) is 7.11 Å². The van der Waals surface area contributed by atoms with E-state index in [0.717, 1.165) is 18.2 Å². The number of nitrogens with one attached hydrogen (secondary N) is 1. The van der Waals surface area contributed by atoms with Crippen molar-refractivity contribution in [1.82, 2.24) is 5.32 Å². The summed E-state index contributed by atoms with van der Waals surface area (Å²) in [6.07, 6.45) is 5.52. The van der Waals surface area contributed by atoms with Crippen LogP contribution >= 0.6 is 0 Å². The maximum absolute atomic E-state index is 5.84. The average molecular weight is 248 g/mol. The lowest BCUT2D eigenvalue weighted by Crippen LogP contribution is -2.29. The number of hydrogen-bond donors (Lipinski definition) is 2. The van der Waals surface area contributed by atoms with Crippen molar-refractivity contribution in [3.8, 4) is 5.75 Å². The molecule has 0 aliphatic heterocycles. The van der Waals surface area contributed by atoms with Crippen molar-refractivity contribution in [2.24, 2.45) is 11.7 Å². The van der Waals surface area contributed by atoms with E-state index < -0.39 is 0 Å². The van der Waals surface area contributed by atoms with Gasteiger partial charge in [-0.3, -0.25) is 0 Å². The summed E-state index contributed by atoms with van der Waals surface area (Å²) < 4.78 is 5.16. The predicted octanol–water partition coefficient (Wildman–Crippen LogP) is 2.47. The van der Waals surface area contributed by atoms with Crippen molar-refractivity contribution < 1.29 is 4.74 Å². The Hall–Kier alpha value is -1.06. The first-order valence-electron chi connectivity index (χ1n) is 6.91. The zero-order valence-corrected chi connectivity index (χ0v) is 11.2. The molecule has 0 aromatic heterocycles. The van der Waals surface area contributed by atoms with E-state index in [1.165, 1.54) is 31.2 Å². The molecule has 3 nitrogen and oxygen atoms in total. The summed E-state index contributed by atoms with van der Waals surface area (Å²) in [4.78, 5) is 0. The monoisotopic (exact) mass is 248 g/mol. The van der Waals surface area contributed by atoms with Crippen LogP contribution in [0.5, 0.6) is 5.75 Å². The Morgan fingerprint density at radius 1 is 1.33 bits per heavy atom. The summed E-state index contributed by atoms with van der Waals surface area (Å²) in [5.74, 6) is 1.91. The molecule has 1 fully saturated rings. The molecule has 1 saturated carbocycles. The maximum atomic E-state index is 5.84. The van der Waals surface area contributed by atoms with E-state index >= 15 is 0 Å². The Morgan fingerprint density at radius 3 is 2.61 bits per heavy atom. The minimum atomic E-state index is 0.259. The van der Waals surface area contributed by atoms with E-state index in [1.807, 2.05) is 12.1 Å². The lowest BCUT2D eigenvalue weighted by atomic mass is 10.1. The molecular formula is C15H24N2O. The van der Waals surface area contributed by atoms with Gasteiger partial charge in [-0.05, 0) is 43.0 Å². The molecular weight excluding hydrogens is 224 g/mol. The van der Waals surface area contributed by atoms with Crippen molar-refractivity contribution >= 4 is 0 Å². The van der Waals surface area contributed by atoms with Gasteiger partial charge in [0.1, 0.15) is 5.75 Å². The third-order valence-electron chi connectivity index (χ3n) is 3.63. The molecule has 100 valence electrons. The van der Waals surface area contributed by atoms with Gasteiger partial charge in [0.15, 0.2) is 0 Å². The maximum Gasteiger partial charge on any atom is 0.118 e. The van der Waals surface area contributed by atoms with E-state index in [1.54, 1.807) is 7.11 Å². The quantitative estimate of drug-likeness (QED) is 0.695. The van der Waals surface area contributed by atoms with Gasteiger partial charge in [-0.1, -0.05) is 25.0 Å². The third-order valence-corrected chi connectivity index (χ3v) is 3.63. The molecule has 3 N–H and O–H groups in total. The second-order valence-electron chi connectivity index (χ2n) is 5.10. The fraction of sp³-hybridized carbons (Fsp3) is 0.600. The van der Waals surface area contributed by atoms with Crippen molar-refractivity contribution in [3.05, 3.63) is 29.8 Å². The summed E-state index contributed by atoms with van der Waals surface area (Å²) in [5, 5.41) is 3.54. The van der Waals surface area contributed by atoms with E-state index in [4.69, 9.17) is 10.5 Å². The Kier molecular flexibility index (Phi) is 5.02. The predicted molar refractivity (Wildman–Crippen MR) is 74.8 cm³/mol. The highest BCUT2D eigenvalue weighted by molar-refractivity contribution is 5.29. The van der Waals surface area contributed by atoms with Crippen LogP contribution in [0.1, 0.15) is 37.3 Å². The molecule has 3 heteroatoms. The van der Waals surface area contributed by atoms with Crippen LogP contribution in [-0.2, 0) is 0 Å². The van der Waals surface area contributed by atoms with Crippen LogP contribution in [0.25, 0.3) is 0 Å². The molecule has 1 aromatic carbocycles. The molecule has 0 saturated heterocycles. The number of ether oxygens (including phenoxy) is 1. The summed E-state index contributed by atoms with van der Waals surface area (Å²) in [5.41, 5.74) is 7.08. The van der Waals surface area contributed by atoms with Crippen LogP contribution in [0.4, 0.5) is 0 Å². The highest BCUT2D eigenvalue weighted by Crippen LogP contribution is 2.33. The highest BCUT2D eigenvalue weighted by atomic mass is 16.5. The number of methoxy groups -OCH3 is 1. The van der Waals surface area contributed by atoms with Crippen LogP contribution in [0.3, 0.4) is 0 Å². The Balaban J connectivity index is 1.78. The standard InChI is InChI=1S/C15H24N2O/c1-18-14-8-6-13(7-9-14)15(11-16)17-10-2-3-12-4-5-12/h6-9,12,15,17H,2-5,10-11,16H2,1H3. The highest BCUT2D eigenvalue weighted by Gasteiger charge is 2.20. The number of benzene rings is 1. The van der Waals surface area contributed by atoms with E-state index in [2.05, 4.69) is 17.4 Å². The van der Waals surface area contributed by atoms with Gasteiger partial charge in [0.25, 0.3) is 0 Å². The van der Waals surface area contributed by atoms with Crippen LogP contribution in [-0.4, -0.2) is 20.2 Å². The third kappa shape index (κ3) is 4.00. The first-order chi connectivity index (χ1) is 8.83. The Morgan fingerprint density at radius 2 is 2.06 bits per heavy atom. The van der Waals surface area contributed by atoms with Crippen LogP contribution < -0.4 is 15.8 Å². The van der Waals surface area contributed by atoms with Crippen LogP contribution in [0, 0.1) is 5.92 Å². The summed E-state index contributed by atoms with van der Waals surface area (Å²) in [6.45, 7) is 1.69. The van der Waals surface area contributed by atoms with Gasteiger partial charge < -0.3 is 15.8 Å². The molecule has 18 heavy (non-hydrogen) atoms. The molecule has 1 aliphatic carbocycles. The zero-order chi connectivity index (χ0) is 12.8. The molecule has 2 rings (SSSR count). The fourth-order valence-corrected chi connectivity index (χ4v) is 2.25. The minimum Gasteiger partial charge on any atom is -0.497 e. The summed E-state index contributed by atoms with van der Waals surface area (Å²) in [6, 6.07) is 8.41. The Labute approximate surface area is 110 Å². The van der Waals surface area contributed by atoms with E-state index in [-0.39, 0.29) is 6.04 Å². The lowest BCUT2D eigenvalue weighted by molar-refractivity contribution is 0.414. The van der Waals surface area contributed by atoms with Crippen molar-refractivity contribution in [2.75, 3.05) is 20.2 Å². The number of hydrogen-bond acceptors (Lipinski definition) is 3. The number of nitrogens with two attached hydrogens (primary N) is 1. The second-order valence-corrected chi connectivity index (χ2v) is 5.10. The molecule has 0 radical (unpaired) electrons. The van der Waals surface area contributed by atoms with E-state index in [9.17, 15) is 0 Å². The lowest BCUT2D eigenvalue weighted by Gasteiger charge is -2.17. The first-order valence-corrected chi connectivity index (χ1v) is 6.91. The van der Waals surface area contributed by atoms with Gasteiger partial charge in [-0.2, -0.15) is 0 Å². The van der Waals surface area contributed by atoms with Gasteiger partial charge in [-0.15, -0.1) is 0 Å². The topological polar surface area (TPSA) is 47.3 Å². The molecule has 1 aromatic rings. The summed E-state index contributed by atoms with van der Waals surface area (Å²) in [7, 11) is 1.69. The van der Waals surface area contributed by atoms with E-state index in [0.29, 0.717) is 6.54 Å². The average Bonchev–Trinajstić information content (AvgIpc) is 3.23. The summed E-state index contributed by atoms with van der Waals surface area (Å²) >= 11 is 0. The van der Waals surface area contributed by atoms with Crippen molar-refractivity contribution in [2.45, 2.75) is 31.7 Å². The van der Waals surface area contributed by atoms with Crippen LogP contribution in [0.15, 0.2) is 24.3 Å². The minimum absolute atomic E-state index is 0.259. The molecule has 0 bridgehead atoms. The smallest absolute Gasteiger partial charge is 0.118 e. The Bertz CT molecular complexity index is 346. The van der Waals surface area contributed by atoms with Gasteiger partial charge >= 0.3 is 0 Å². The molecule has 0 spiro atoms. The van der Waals surface area contributed by atoms with Crippen molar-refractivity contribution in [3.63, 3.8) is 0 Å². The molecule has 1 unspecified atom stereocenters. The molecule has 0 amide bonds. The normalized spacial score (nSPS) is 16.6. The molecule has 1 atom stereocenters. The molecule has 1 aliphatic rings. The van der Waals surface area contributed by atoms with Gasteiger partial charge in [0, 0.05) is 12.6 Å². The molecule has 0 heterocycles. The fourth-order valence-electron chi connectivity index (χ4n) is 2.25. The van der Waals surface area contributed by atoms with Crippen molar-refractivity contribution in [1.29, 1.82) is 0 Å². The largest absolute Gasteiger partial charge is 0.497 e. The second kappa shape index (κ2) is 6.76. The zero-order valence-electron chi connectivity index (χ0n) is 11.2. The van der Waals surface area contributed by atoms with Gasteiger partial charge in [-0.25, -0.2) is 0 Å².